The van der Waals surface area contributed by atoms with E-state index in [0.717, 1.165) is 13.1 Å². The molecule has 2 aromatic rings. The first-order valence-electron chi connectivity index (χ1n) is 7.54. The van der Waals surface area contributed by atoms with Gasteiger partial charge in [0, 0.05) is 25.8 Å². The van der Waals surface area contributed by atoms with Gasteiger partial charge in [0.2, 0.25) is 0 Å². The van der Waals surface area contributed by atoms with Gasteiger partial charge in [-0.1, -0.05) is 42.5 Å². The quantitative estimate of drug-likeness (QED) is 0.673. The number of anilines is 1. The summed E-state index contributed by atoms with van der Waals surface area (Å²) in [6.07, 6.45) is 2.42. The fourth-order valence-corrected chi connectivity index (χ4v) is 2.79. The van der Waals surface area contributed by atoms with Crippen LogP contribution in [0.2, 0.25) is 0 Å². The molecule has 2 aromatic carbocycles. The molecule has 3 heteroatoms. The van der Waals surface area contributed by atoms with Crippen molar-refractivity contribution >= 4 is 5.69 Å². The van der Waals surface area contributed by atoms with E-state index < -0.39 is 0 Å². The van der Waals surface area contributed by atoms with E-state index in [0.29, 0.717) is 6.61 Å². The highest BCUT2D eigenvalue weighted by molar-refractivity contribution is 5.56. The number of hydrogen-bond donors (Lipinski definition) is 1. The molecule has 0 aromatic heterocycles. The van der Waals surface area contributed by atoms with E-state index in [-0.39, 0.29) is 0 Å². The topological polar surface area (TPSA) is 24.5 Å². The second kappa shape index (κ2) is 6.74. The van der Waals surface area contributed by atoms with E-state index in [1.165, 1.54) is 35.2 Å². The lowest BCUT2D eigenvalue weighted by Crippen LogP contribution is -2.24. The Morgan fingerprint density at radius 3 is 2.81 bits per heavy atom. The third kappa shape index (κ3) is 3.63. The van der Waals surface area contributed by atoms with E-state index in [1.54, 1.807) is 0 Å². The van der Waals surface area contributed by atoms with Crippen molar-refractivity contribution in [2.24, 2.45) is 0 Å². The molecule has 3 rings (SSSR count). The number of hydrogen-bond acceptors (Lipinski definition) is 3. The Bertz CT molecular complexity index is 583. The molecule has 0 atom stereocenters. The molecular formula is C18H22N2O. The number of benzene rings is 2. The predicted molar refractivity (Wildman–Crippen MR) is 86.1 cm³/mol. The number of nitrogens with one attached hydrogen (secondary N) is 1. The van der Waals surface area contributed by atoms with Crippen LogP contribution in [0.25, 0.3) is 0 Å². The van der Waals surface area contributed by atoms with E-state index in [9.17, 15) is 0 Å². The van der Waals surface area contributed by atoms with Gasteiger partial charge in [-0.3, -0.25) is 4.84 Å². The SMILES string of the molecule is CN1CCCc2cc(CNOCc3ccccc3)ccc21. The maximum Gasteiger partial charge on any atom is 0.0933 e. The third-order valence-electron chi connectivity index (χ3n) is 3.95. The van der Waals surface area contributed by atoms with Crippen LogP contribution >= 0.6 is 0 Å². The number of nitrogens with zero attached hydrogens (tertiary/aromatic N) is 1. The Labute approximate surface area is 126 Å². The molecule has 0 saturated heterocycles. The summed E-state index contributed by atoms with van der Waals surface area (Å²) < 4.78 is 0. The molecule has 110 valence electrons. The molecule has 1 heterocycles. The van der Waals surface area contributed by atoms with Crippen molar-refractivity contribution in [3.63, 3.8) is 0 Å². The fourth-order valence-electron chi connectivity index (χ4n) is 2.79. The molecule has 1 N–H and O–H groups in total. The summed E-state index contributed by atoms with van der Waals surface area (Å²) >= 11 is 0. The zero-order valence-electron chi connectivity index (χ0n) is 12.5. The molecule has 0 radical (unpaired) electrons. The maximum atomic E-state index is 5.53. The van der Waals surface area contributed by atoms with Gasteiger partial charge < -0.3 is 4.90 Å². The minimum Gasteiger partial charge on any atom is -0.374 e. The number of fused-ring (bicyclic) bond motifs is 1. The summed E-state index contributed by atoms with van der Waals surface area (Å²) in [5.74, 6) is 0. The van der Waals surface area contributed by atoms with Crippen molar-refractivity contribution in [3.8, 4) is 0 Å². The van der Waals surface area contributed by atoms with Crippen LogP contribution in [-0.4, -0.2) is 13.6 Å². The molecule has 0 bridgehead atoms. The summed E-state index contributed by atoms with van der Waals surface area (Å²) in [6, 6.07) is 16.9. The highest BCUT2D eigenvalue weighted by atomic mass is 16.6. The van der Waals surface area contributed by atoms with E-state index in [1.807, 2.05) is 18.2 Å². The summed E-state index contributed by atoms with van der Waals surface area (Å²) in [5, 5.41) is 0. The molecule has 1 aliphatic rings. The zero-order chi connectivity index (χ0) is 14.5. The zero-order valence-corrected chi connectivity index (χ0v) is 12.5. The third-order valence-corrected chi connectivity index (χ3v) is 3.95. The minimum absolute atomic E-state index is 0.592. The molecule has 0 unspecified atom stereocenters. The van der Waals surface area contributed by atoms with Crippen LogP contribution in [0.15, 0.2) is 48.5 Å². The van der Waals surface area contributed by atoms with Crippen LogP contribution in [0.3, 0.4) is 0 Å². The molecule has 0 amide bonds. The van der Waals surface area contributed by atoms with Gasteiger partial charge in [-0.2, -0.15) is 5.48 Å². The number of aryl methyl sites for hydroxylation is 1. The fraction of sp³-hybridized carbons (Fsp3) is 0.333. The lowest BCUT2D eigenvalue weighted by atomic mass is 10.00. The maximum absolute atomic E-state index is 5.53. The average molecular weight is 282 g/mol. The van der Waals surface area contributed by atoms with Gasteiger partial charge in [0.15, 0.2) is 0 Å². The van der Waals surface area contributed by atoms with Crippen LogP contribution in [0.5, 0.6) is 0 Å². The summed E-state index contributed by atoms with van der Waals surface area (Å²) in [5.41, 5.74) is 8.33. The lowest BCUT2D eigenvalue weighted by Gasteiger charge is -2.27. The Hall–Kier alpha value is -1.84. The Kier molecular flexibility index (Phi) is 4.53. The van der Waals surface area contributed by atoms with Crippen molar-refractivity contribution in [1.29, 1.82) is 0 Å². The molecule has 3 nitrogen and oxygen atoms in total. The van der Waals surface area contributed by atoms with Gasteiger partial charge in [0.25, 0.3) is 0 Å². The highest BCUT2D eigenvalue weighted by Gasteiger charge is 2.13. The molecule has 0 fully saturated rings. The molecule has 0 aliphatic carbocycles. The van der Waals surface area contributed by atoms with E-state index >= 15 is 0 Å². The smallest absolute Gasteiger partial charge is 0.0933 e. The van der Waals surface area contributed by atoms with Gasteiger partial charge in [-0.15, -0.1) is 0 Å². The van der Waals surface area contributed by atoms with Gasteiger partial charge in [-0.05, 0) is 35.6 Å². The van der Waals surface area contributed by atoms with Gasteiger partial charge in [0.05, 0.1) is 6.61 Å². The molecule has 0 spiro atoms. The highest BCUT2D eigenvalue weighted by Crippen LogP contribution is 2.26. The second-order valence-corrected chi connectivity index (χ2v) is 5.58. The summed E-state index contributed by atoms with van der Waals surface area (Å²) in [4.78, 5) is 7.86. The average Bonchev–Trinajstić information content (AvgIpc) is 2.53. The summed E-state index contributed by atoms with van der Waals surface area (Å²) in [7, 11) is 2.17. The van der Waals surface area contributed by atoms with Gasteiger partial charge in [0.1, 0.15) is 0 Å². The van der Waals surface area contributed by atoms with Gasteiger partial charge >= 0.3 is 0 Å². The second-order valence-electron chi connectivity index (χ2n) is 5.58. The minimum atomic E-state index is 0.592. The first-order chi connectivity index (χ1) is 10.3. The van der Waals surface area contributed by atoms with Crippen molar-refractivity contribution in [2.45, 2.75) is 26.0 Å². The van der Waals surface area contributed by atoms with Crippen molar-refractivity contribution in [1.82, 2.24) is 5.48 Å². The monoisotopic (exact) mass is 282 g/mol. The van der Waals surface area contributed by atoms with Crippen molar-refractivity contribution in [2.75, 3.05) is 18.5 Å². The lowest BCUT2D eigenvalue weighted by molar-refractivity contribution is 0.0235. The van der Waals surface area contributed by atoms with Gasteiger partial charge in [-0.25, -0.2) is 0 Å². The van der Waals surface area contributed by atoms with Crippen molar-refractivity contribution in [3.05, 3.63) is 65.2 Å². The Morgan fingerprint density at radius 1 is 1.10 bits per heavy atom. The number of hydroxylamine groups is 1. The molecule has 0 saturated carbocycles. The predicted octanol–water partition coefficient (Wildman–Crippen LogP) is 3.29. The van der Waals surface area contributed by atoms with Crippen molar-refractivity contribution < 1.29 is 4.84 Å². The van der Waals surface area contributed by atoms with Crippen LogP contribution in [-0.2, 0) is 24.4 Å². The molecule has 21 heavy (non-hydrogen) atoms. The Morgan fingerprint density at radius 2 is 1.95 bits per heavy atom. The van der Waals surface area contributed by atoms with Crippen LogP contribution in [0.4, 0.5) is 5.69 Å². The standard InChI is InChI=1S/C18H22N2O/c1-20-11-5-8-17-12-16(9-10-18(17)20)13-19-21-14-15-6-3-2-4-7-15/h2-4,6-7,9-10,12,19H,5,8,11,13-14H2,1H3. The molecular weight excluding hydrogens is 260 g/mol. The Balaban J connectivity index is 1.52. The van der Waals surface area contributed by atoms with E-state index in [2.05, 4.69) is 47.8 Å². The van der Waals surface area contributed by atoms with Crippen LogP contribution in [0.1, 0.15) is 23.1 Å². The normalized spacial score (nSPS) is 14.0. The first kappa shape index (κ1) is 14.1. The largest absolute Gasteiger partial charge is 0.374 e. The summed E-state index contributed by atoms with van der Waals surface area (Å²) in [6.45, 7) is 2.49. The van der Waals surface area contributed by atoms with Crippen LogP contribution in [0, 0.1) is 0 Å². The first-order valence-corrected chi connectivity index (χ1v) is 7.54. The molecule has 1 aliphatic heterocycles. The number of rotatable bonds is 5. The van der Waals surface area contributed by atoms with Crippen LogP contribution < -0.4 is 10.4 Å². The van der Waals surface area contributed by atoms with E-state index in [4.69, 9.17) is 4.84 Å².